The Bertz CT molecular complexity index is 1730. The topological polar surface area (TPSA) is 123 Å². The maximum Gasteiger partial charge on any atom is 0.416 e. The molecule has 5 rings (SSSR count). The molecule has 2 aromatic carbocycles. The van der Waals surface area contributed by atoms with Crippen LogP contribution in [0.3, 0.4) is 0 Å². The van der Waals surface area contributed by atoms with Crippen LogP contribution < -0.4 is 0 Å². The van der Waals surface area contributed by atoms with Crippen molar-refractivity contribution >= 4 is 35.4 Å². The highest BCUT2D eigenvalue weighted by molar-refractivity contribution is 7.93. The van der Waals surface area contributed by atoms with E-state index >= 15 is 0 Å². The highest BCUT2D eigenvalue weighted by Gasteiger charge is 2.46. The van der Waals surface area contributed by atoms with E-state index in [1.807, 2.05) is 0 Å². The number of carbonyl (C=O) groups excluding carboxylic acids is 1. The number of nitrogens with zero attached hydrogens (tertiary/aromatic N) is 1. The van der Waals surface area contributed by atoms with Crippen LogP contribution >= 0.6 is 0 Å². The number of benzene rings is 2. The average Bonchev–Trinajstić information content (AvgIpc) is 3.84. The average molecular weight is 648 g/mol. The van der Waals surface area contributed by atoms with E-state index in [0.717, 1.165) is 24.3 Å². The molecule has 2 aliphatic carbocycles. The number of sulfone groups is 3. The molecular weight excluding hydrogens is 616 g/mol. The molecule has 3 fully saturated rings. The first-order valence-corrected chi connectivity index (χ1v) is 18.3. The molecule has 230 valence electrons. The van der Waals surface area contributed by atoms with E-state index in [2.05, 4.69) is 0 Å². The van der Waals surface area contributed by atoms with E-state index < -0.39 is 73.2 Å². The Morgan fingerprint density at radius 1 is 0.762 bits per heavy atom. The van der Waals surface area contributed by atoms with Crippen LogP contribution in [0.2, 0.25) is 0 Å². The number of carbonyl (C=O) groups is 1. The lowest BCUT2D eigenvalue weighted by molar-refractivity contribution is -0.137. The summed E-state index contributed by atoms with van der Waals surface area (Å²) in [7, 11) is -11.8. The highest BCUT2D eigenvalue weighted by Crippen LogP contribution is 2.41. The van der Waals surface area contributed by atoms with Gasteiger partial charge in [0.25, 0.3) is 5.91 Å². The Balaban J connectivity index is 1.37. The van der Waals surface area contributed by atoms with Crippen LogP contribution in [0.1, 0.15) is 68.3 Å². The maximum atomic E-state index is 13.6. The molecule has 1 saturated heterocycles. The van der Waals surface area contributed by atoms with Gasteiger partial charge in [0.2, 0.25) is 0 Å². The molecule has 14 heteroatoms. The Kier molecular flexibility index (Phi) is 7.62. The van der Waals surface area contributed by atoms with Gasteiger partial charge < -0.3 is 4.90 Å². The second-order valence-electron chi connectivity index (χ2n) is 11.8. The summed E-state index contributed by atoms with van der Waals surface area (Å²) in [5.74, 6) is -1.09. The van der Waals surface area contributed by atoms with Crippen LogP contribution in [0.25, 0.3) is 0 Å². The van der Waals surface area contributed by atoms with Crippen LogP contribution in [0.4, 0.5) is 13.2 Å². The number of alkyl halides is 3. The summed E-state index contributed by atoms with van der Waals surface area (Å²) in [5.41, 5.74) is -1.18. The minimum absolute atomic E-state index is 0.0933. The molecule has 3 aliphatic rings. The van der Waals surface area contributed by atoms with E-state index in [0.29, 0.717) is 31.7 Å². The predicted molar refractivity (Wildman–Crippen MR) is 148 cm³/mol. The SMILES string of the molecule is CC(C)(C1CCN(C(=O)c2ccc(S(=O)(=O)C3CC3)cc2S(=O)(=O)C2CC2)CC1)S(=O)(=O)c1cccc(C(F)(F)F)c1. The van der Waals surface area contributed by atoms with E-state index in [1.54, 1.807) is 0 Å². The molecule has 0 N–H and O–H groups in total. The van der Waals surface area contributed by atoms with Gasteiger partial charge in [-0.05, 0) is 94.7 Å². The lowest BCUT2D eigenvalue weighted by atomic mass is 9.85. The first-order chi connectivity index (χ1) is 19.4. The molecule has 0 bridgehead atoms. The Morgan fingerprint density at radius 3 is 1.88 bits per heavy atom. The summed E-state index contributed by atoms with van der Waals surface area (Å²) < 4.78 is 117. The van der Waals surface area contributed by atoms with Gasteiger partial charge in [0.05, 0.1) is 41.1 Å². The Hall–Kier alpha value is -2.45. The number of rotatable bonds is 8. The summed E-state index contributed by atoms with van der Waals surface area (Å²) >= 11 is 0. The van der Waals surface area contributed by atoms with Crippen molar-refractivity contribution in [2.24, 2.45) is 5.92 Å². The second-order valence-corrected chi connectivity index (χ2v) is 18.8. The highest BCUT2D eigenvalue weighted by atomic mass is 32.2. The molecule has 1 heterocycles. The molecule has 8 nitrogen and oxygen atoms in total. The second kappa shape index (κ2) is 10.3. The van der Waals surface area contributed by atoms with Gasteiger partial charge in [-0.25, -0.2) is 25.3 Å². The zero-order valence-corrected chi connectivity index (χ0v) is 25.5. The van der Waals surface area contributed by atoms with Gasteiger partial charge in [-0.15, -0.1) is 0 Å². The molecule has 0 atom stereocenters. The molecule has 1 amide bonds. The van der Waals surface area contributed by atoms with Crippen molar-refractivity contribution in [2.45, 2.75) is 88.5 Å². The molecule has 1 aliphatic heterocycles. The number of hydrogen-bond donors (Lipinski definition) is 0. The fourth-order valence-electron chi connectivity index (χ4n) is 5.53. The minimum atomic E-state index is -4.70. The van der Waals surface area contributed by atoms with E-state index in [1.165, 1.54) is 30.9 Å². The third kappa shape index (κ3) is 5.49. The van der Waals surface area contributed by atoms with Crippen molar-refractivity contribution < 1.29 is 43.2 Å². The predicted octanol–water partition coefficient (Wildman–Crippen LogP) is 4.68. The summed E-state index contributed by atoms with van der Waals surface area (Å²) in [6.45, 7) is 3.11. The van der Waals surface area contributed by atoms with Crippen LogP contribution in [0, 0.1) is 5.92 Å². The summed E-state index contributed by atoms with van der Waals surface area (Å²) in [5, 5.41) is -1.22. The van der Waals surface area contributed by atoms with E-state index in [9.17, 15) is 43.2 Å². The van der Waals surface area contributed by atoms with Crippen molar-refractivity contribution in [1.29, 1.82) is 0 Å². The van der Waals surface area contributed by atoms with Crippen molar-refractivity contribution in [3.05, 3.63) is 53.6 Å². The third-order valence-electron chi connectivity index (χ3n) is 8.67. The smallest absolute Gasteiger partial charge is 0.339 e. The minimum Gasteiger partial charge on any atom is -0.339 e. The zero-order valence-electron chi connectivity index (χ0n) is 23.1. The van der Waals surface area contributed by atoms with Gasteiger partial charge in [0.1, 0.15) is 0 Å². The molecule has 2 saturated carbocycles. The number of hydrogen-bond acceptors (Lipinski definition) is 7. The fraction of sp³-hybridized carbons (Fsp3) is 0.536. The van der Waals surface area contributed by atoms with Crippen molar-refractivity contribution in [2.75, 3.05) is 13.1 Å². The van der Waals surface area contributed by atoms with E-state index in [4.69, 9.17) is 0 Å². The van der Waals surface area contributed by atoms with Crippen LogP contribution in [0.5, 0.6) is 0 Å². The number of halogens is 3. The number of amides is 1. The molecule has 0 radical (unpaired) electrons. The van der Waals surface area contributed by atoms with Gasteiger partial charge in [-0.1, -0.05) is 6.07 Å². The first kappa shape index (κ1) is 31.0. The molecule has 0 spiro atoms. The maximum absolute atomic E-state index is 13.6. The van der Waals surface area contributed by atoms with Crippen molar-refractivity contribution in [3.8, 4) is 0 Å². The summed E-state index contributed by atoms with van der Waals surface area (Å²) in [4.78, 5) is 14.2. The van der Waals surface area contributed by atoms with Gasteiger partial charge in [-0.3, -0.25) is 4.79 Å². The molecular formula is C28H32F3NO7S3. The normalized spacial score (nSPS) is 19.6. The van der Waals surface area contributed by atoms with E-state index in [-0.39, 0.29) is 41.3 Å². The molecule has 42 heavy (non-hydrogen) atoms. The van der Waals surface area contributed by atoms with Gasteiger partial charge in [0.15, 0.2) is 29.5 Å². The van der Waals surface area contributed by atoms with Crippen LogP contribution in [0.15, 0.2) is 57.2 Å². The molecule has 2 aromatic rings. The summed E-state index contributed by atoms with van der Waals surface area (Å²) in [6, 6.07) is 7.26. The van der Waals surface area contributed by atoms with Crippen molar-refractivity contribution in [1.82, 2.24) is 4.90 Å². The quantitative estimate of drug-likeness (QED) is 0.408. The standard InChI is InChI=1S/C28H32F3NO7S3/c1-27(2,42(38,39)23-5-3-4-19(16-23)28(29,30)31)18-12-14-32(15-13-18)26(33)24-11-10-22(40(34,35)20-6-7-20)17-25(24)41(36,37)21-8-9-21/h3-5,10-11,16-18,20-21H,6-9,12-15H2,1-2H3. The zero-order chi connectivity index (χ0) is 30.9. The molecule has 0 aromatic heterocycles. The number of likely N-dealkylation sites (tertiary alicyclic amines) is 1. The number of piperidine rings is 1. The monoisotopic (exact) mass is 647 g/mol. The van der Waals surface area contributed by atoms with Crippen LogP contribution in [-0.2, 0) is 35.7 Å². The first-order valence-electron chi connectivity index (χ1n) is 13.7. The Labute approximate surface area is 244 Å². The van der Waals surface area contributed by atoms with Crippen molar-refractivity contribution in [3.63, 3.8) is 0 Å². The van der Waals surface area contributed by atoms with Gasteiger partial charge in [0, 0.05) is 13.1 Å². The van der Waals surface area contributed by atoms with Crippen LogP contribution in [-0.4, -0.2) is 64.4 Å². The lowest BCUT2D eigenvalue weighted by Gasteiger charge is -2.40. The Morgan fingerprint density at radius 2 is 1.33 bits per heavy atom. The fourth-order valence-corrected chi connectivity index (χ4v) is 11.0. The third-order valence-corrected chi connectivity index (χ3v) is 15.8. The summed E-state index contributed by atoms with van der Waals surface area (Å²) in [6.07, 6.45) is -2.41. The van der Waals surface area contributed by atoms with Gasteiger partial charge >= 0.3 is 6.18 Å². The lowest BCUT2D eigenvalue weighted by Crippen LogP contribution is -2.47. The molecule has 0 unspecified atom stereocenters. The largest absolute Gasteiger partial charge is 0.416 e. The van der Waals surface area contributed by atoms with Gasteiger partial charge in [-0.2, -0.15) is 13.2 Å².